The van der Waals surface area contributed by atoms with E-state index >= 15 is 0 Å². The largest absolute Gasteiger partial charge is 0.493 e. The lowest BCUT2D eigenvalue weighted by molar-refractivity contribution is -0.125. The molecule has 0 fully saturated rings. The van der Waals surface area contributed by atoms with E-state index < -0.39 is 0 Å². The van der Waals surface area contributed by atoms with Crippen molar-refractivity contribution in [1.82, 2.24) is 4.90 Å². The Kier molecular flexibility index (Phi) is 6.63. The first-order valence-corrected chi connectivity index (χ1v) is 8.33. The maximum atomic E-state index is 12.3. The SMILES string of the molecule is CCOc1cc(/C=C/C(=O)N(C)Cc2ccccc2C)ccc1OC. The predicted octanol–water partition coefficient (Wildman–Crippen LogP) is 4.07. The van der Waals surface area contributed by atoms with Gasteiger partial charge < -0.3 is 14.4 Å². The van der Waals surface area contributed by atoms with Gasteiger partial charge in [0.25, 0.3) is 0 Å². The summed E-state index contributed by atoms with van der Waals surface area (Å²) < 4.78 is 10.8. The van der Waals surface area contributed by atoms with Crippen molar-refractivity contribution in [3.05, 3.63) is 65.2 Å². The van der Waals surface area contributed by atoms with Gasteiger partial charge in [0.1, 0.15) is 0 Å². The third-order valence-electron chi connectivity index (χ3n) is 3.95. The van der Waals surface area contributed by atoms with Gasteiger partial charge >= 0.3 is 0 Å². The third kappa shape index (κ3) is 5.11. The summed E-state index contributed by atoms with van der Waals surface area (Å²) in [6.07, 6.45) is 3.37. The predicted molar refractivity (Wildman–Crippen MR) is 101 cm³/mol. The van der Waals surface area contributed by atoms with Crippen LogP contribution in [0, 0.1) is 6.92 Å². The standard InChI is InChI=1S/C21H25NO3/c1-5-25-20-14-17(10-12-19(20)24-4)11-13-21(23)22(3)15-18-9-7-6-8-16(18)2/h6-14H,5,15H2,1-4H3/b13-11+. The van der Waals surface area contributed by atoms with Gasteiger partial charge in [-0.25, -0.2) is 0 Å². The number of hydrogen-bond donors (Lipinski definition) is 0. The van der Waals surface area contributed by atoms with Gasteiger partial charge in [-0.1, -0.05) is 30.3 Å². The number of carbonyl (C=O) groups is 1. The number of hydrogen-bond acceptors (Lipinski definition) is 3. The van der Waals surface area contributed by atoms with Gasteiger partial charge in [0, 0.05) is 19.7 Å². The lowest BCUT2D eigenvalue weighted by Gasteiger charge is -2.16. The second-order valence-electron chi connectivity index (χ2n) is 5.80. The highest BCUT2D eigenvalue weighted by Gasteiger charge is 2.08. The molecule has 0 heterocycles. The highest BCUT2D eigenvalue weighted by molar-refractivity contribution is 5.91. The lowest BCUT2D eigenvalue weighted by Crippen LogP contribution is -2.24. The van der Waals surface area contributed by atoms with Gasteiger partial charge in [-0.2, -0.15) is 0 Å². The van der Waals surface area contributed by atoms with Crippen LogP contribution >= 0.6 is 0 Å². The number of benzene rings is 2. The van der Waals surface area contributed by atoms with E-state index in [0.29, 0.717) is 24.7 Å². The fraction of sp³-hybridized carbons (Fsp3) is 0.286. The Bertz CT molecular complexity index is 753. The summed E-state index contributed by atoms with van der Waals surface area (Å²) in [5.74, 6) is 1.31. The molecular formula is C21H25NO3. The fourth-order valence-corrected chi connectivity index (χ4v) is 2.48. The highest BCUT2D eigenvalue weighted by Crippen LogP contribution is 2.28. The van der Waals surface area contributed by atoms with E-state index in [-0.39, 0.29) is 5.91 Å². The van der Waals surface area contributed by atoms with Crippen molar-refractivity contribution in [3.8, 4) is 11.5 Å². The van der Waals surface area contributed by atoms with Crippen molar-refractivity contribution in [2.75, 3.05) is 20.8 Å². The molecule has 0 spiro atoms. The Morgan fingerprint density at radius 3 is 2.60 bits per heavy atom. The molecule has 0 aromatic heterocycles. The van der Waals surface area contributed by atoms with Crippen LogP contribution in [-0.4, -0.2) is 31.6 Å². The minimum Gasteiger partial charge on any atom is -0.493 e. The number of amides is 1. The van der Waals surface area contributed by atoms with Crippen molar-refractivity contribution in [2.24, 2.45) is 0 Å². The number of methoxy groups -OCH3 is 1. The minimum absolute atomic E-state index is 0.0444. The zero-order valence-corrected chi connectivity index (χ0v) is 15.3. The second kappa shape index (κ2) is 8.92. The molecule has 0 saturated carbocycles. The van der Waals surface area contributed by atoms with Crippen LogP contribution in [0.4, 0.5) is 0 Å². The summed E-state index contributed by atoms with van der Waals surface area (Å²) in [5.41, 5.74) is 3.22. The number of nitrogens with zero attached hydrogens (tertiary/aromatic N) is 1. The van der Waals surface area contributed by atoms with Crippen LogP contribution in [0.5, 0.6) is 11.5 Å². The molecule has 25 heavy (non-hydrogen) atoms. The van der Waals surface area contributed by atoms with Crippen LogP contribution in [0.25, 0.3) is 6.08 Å². The van der Waals surface area contributed by atoms with Crippen LogP contribution in [0.3, 0.4) is 0 Å². The summed E-state index contributed by atoms with van der Waals surface area (Å²) in [6.45, 7) is 5.12. The molecule has 0 aliphatic carbocycles. The van der Waals surface area contributed by atoms with Crippen LogP contribution < -0.4 is 9.47 Å². The quantitative estimate of drug-likeness (QED) is 0.714. The average molecular weight is 339 g/mol. The fourth-order valence-electron chi connectivity index (χ4n) is 2.48. The summed E-state index contributed by atoms with van der Waals surface area (Å²) in [4.78, 5) is 14.0. The Morgan fingerprint density at radius 2 is 1.92 bits per heavy atom. The third-order valence-corrected chi connectivity index (χ3v) is 3.95. The van der Waals surface area contributed by atoms with Crippen molar-refractivity contribution >= 4 is 12.0 Å². The Morgan fingerprint density at radius 1 is 1.16 bits per heavy atom. The molecule has 0 atom stereocenters. The van der Waals surface area contributed by atoms with E-state index in [2.05, 4.69) is 13.0 Å². The number of likely N-dealkylation sites (N-methyl/N-ethyl adjacent to an activating group) is 1. The van der Waals surface area contributed by atoms with Gasteiger partial charge in [0.15, 0.2) is 11.5 Å². The highest BCUT2D eigenvalue weighted by atomic mass is 16.5. The van der Waals surface area contributed by atoms with E-state index in [4.69, 9.17) is 9.47 Å². The van der Waals surface area contributed by atoms with E-state index in [9.17, 15) is 4.79 Å². The molecule has 4 nitrogen and oxygen atoms in total. The second-order valence-corrected chi connectivity index (χ2v) is 5.80. The van der Waals surface area contributed by atoms with E-state index in [1.807, 2.05) is 43.3 Å². The van der Waals surface area contributed by atoms with Crippen molar-refractivity contribution in [1.29, 1.82) is 0 Å². The molecule has 2 rings (SSSR count). The summed E-state index contributed by atoms with van der Waals surface area (Å²) in [5, 5.41) is 0. The van der Waals surface area contributed by atoms with Crippen LogP contribution in [0.1, 0.15) is 23.6 Å². The first kappa shape index (κ1) is 18.6. The Hall–Kier alpha value is -2.75. The van der Waals surface area contributed by atoms with Crippen LogP contribution in [-0.2, 0) is 11.3 Å². The number of ether oxygens (including phenoxy) is 2. The number of aryl methyl sites for hydroxylation is 1. The first-order valence-electron chi connectivity index (χ1n) is 8.33. The molecule has 1 amide bonds. The van der Waals surface area contributed by atoms with Gasteiger partial charge in [0.2, 0.25) is 5.91 Å². The van der Waals surface area contributed by atoms with Crippen LogP contribution in [0.2, 0.25) is 0 Å². The lowest BCUT2D eigenvalue weighted by atomic mass is 10.1. The molecule has 2 aromatic carbocycles. The Balaban J connectivity index is 2.06. The minimum atomic E-state index is -0.0444. The first-order chi connectivity index (χ1) is 12.0. The number of carbonyl (C=O) groups excluding carboxylic acids is 1. The van der Waals surface area contributed by atoms with Crippen molar-refractivity contribution in [2.45, 2.75) is 20.4 Å². The molecule has 2 aromatic rings. The topological polar surface area (TPSA) is 38.8 Å². The summed E-state index contributed by atoms with van der Waals surface area (Å²) in [7, 11) is 3.41. The normalized spacial score (nSPS) is 10.7. The van der Waals surface area contributed by atoms with Gasteiger partial charge in [-0.3, -0.25) is 4.79 Å². The van der Waals surface area contributed by atoms with E-state index in [1.54, 1.807) is 31.2 Å². The molecule has 4 heteroatoms. The smallest absolute Gasteiger partial charge is 0.246 e. The molecule has 0 radical (unpaired) electrons. The molecule has 0 saturated heterocycles. The van der Waals surface area contributed by atoms with Crippen LogP contribution in [0.15, 0.2) is 48.5 Å². The molecular weight excluding hydrogens is 314 g/mol. The molecule has 0 unspecified atom stereocenters. The summed E-state index contributed by atoms with van der Waals surface area (Å²) in [6, 6.07) is 13.7. The summed E-state index contributed by atoms with van der Waals surface area (Å²) >= 11 is 0. The van der Waals surface area contributed by atoms with Crippen molar-refractivity contribution in [3.63, 3.8) is 0 Å². The molecule has 0 N–H and O–H groups in total. The zero-order chi connectivity index (χ0) is 18.2. The maximum absolute atomic E-state index is 12.3. The molecule has 0 bridgehead atoms. The van der Waals surface area contributed by atoms with Gasteiger partial charge in [0.05, 0.1) is 13.7 Å². The van der Waals surface area contributed by atoms with E-state index in [1.165, 1.54) is 5.56 Å². The van der Waals surface area contributed by atoms with Crippen molar-refractivity contribution < 1.29 is 14.3 Å². The molecule has 0 aliphatic rings. The monoisotopic (exact) mass is 339 g/mol. The average Bonchev–Trinajstić information content (AvgIpc) is 2.62. The van der Waals surface area contributed by atoms with E-state index in [0.717, 1.165) is 11.1 Å². The maximum Gasteiger partial charge on any atom is 0.246 e. The van der Waals surface area contributed by atoms with Gasteiger partial charge in [-0.15, -0.1) is 0 Å². The Labute approximate surface area is 149 Å². The number of rotatable bonds is 7. The molecule has 132 valence electrons. The zero-order valence-electron chi connectivity index (χ0n) is 15.3. The molecule has 0 aliphatic heterocycles. The van der Waals surface area contributed by atoms with Gasteiger partial charge in [-0.05, 0) is 48.7 Å².